The van der Waals surface area contributed by atoms with Crippen LogP contribution in [-0.2, 0) is 11.2 Å². The summed E-state index contributed by atoms with van der Waals surface area (Å²) in [6.07, 6.45) is 8.68. The predicted molar refractivity (Wildman–Crippen MR) is 152 cm³/mol. The number of amides is 1. The van der Waals surface area contributed by atoms with Crippen LogP contribution in [0.4, 0.5) is 10.1 Å². The number of benzene rings is 1. The lowest BCUT2D eigenvalue weighted by Crippen LogP contribution is -2.14. The van der Waals surface area contributed by atoms with Crippen molar-refractivity contribution in [2.75, 3.05) is 5.32 Å². The molecule has 9 nitrogen and oxygen atoms in total. The Morgan fingerprint density at radius 2 is 1.80 bits per heavy atom. The van der Waals surface area contributed by atoms with Crippen LogP contribution in [0.1, 0.15) is 5.56 Å². The fourth-order valence-electron chi connectivity index (χ4n) is 4.58. The van der Waals surface area contributed by atoms with E-state index in [9.17, 15) is 9.18 Å². The van der Waals surface area contributed by atoms with E-state index in [0.29, 0.717) is 28.4 Å². The molecule has 194 valence electrons. The summed E-state index contributed by atoms with van der Waals surface area (Å²) >= 11 is 1.05. The van der Waals surface area contributed by atoms with Gasteiger partial charge in [-0.3, -0.25) is 19.9 Å². The van der Waals surface area contributed by atoms with Gasteiger partial charge in [0.2, 0.25) is 5.91 Å². The largest absolute Gasteiger partial charge is 0.335 e. The van der Waals surface area contributed by atoms with Crippen LogP contribution in [0.25, 0.3) is 55.2 Å². The predicted octanol–water partition coefficient (Wildman–Crippen LogP) is 6.01. The van der Waals surface area contributed by atoms with E-state index >= 15 is 0 Å². The van der Waals surface area contributed by atoms with E-state index < -0.39 is 0 Å². The molecule has 6 aromatic heterocycles. The average Bonchev–Trinajstić information content (AvgIpc) is 3.71. The van der Waals surface area contributed by atoms with Crippen molar-refractivity contribution < 1.29 is 9.18 Å². The third-order valence-electron chi connectivity index (χ3n) is 6.44. The van der Waals surface area contributed by atoms with Crippen LogP contribution in [0.2, 0.25) is 0 Å². The number of imidazole rings is 1. The normalized spacial score (nSPS) is 11.3. The Labute approximate surface area is 230 Å². The first-order chi connectivity index (χ1) is 19.6. The van der Waals surface area contributed by atoms with E-state index in [1.165, 1.54) is 6.07 Å². The first-order valence-corrected chi connectivity index (χ1v) is 13.2. The summed E-state index contributed by atoms with van der Waals surface area (Å²) in [7, 11) is 0. The molecule has 6 heterocycles. The second-order valence-electron chi connectivity index (χ2n) is 9.14. The molecule has 11 heteroatoms. The highest BCUT2D eigenvalue weighted by atomic mass is 32.1. The fourth-order valence-corrected chi connectivity index (χ4v) is 5.32. The minimum Gasteiger partial charge on any atom is -0.335 e. The minimum absolute atomic E-state index is 0.125. The molecule has 0 aliphatic rings. The number of nitrogens with one attached hydrogen (secondary N) is 3. The highest BCUT2D eigenvalue weighted by Crippen LogP contribution is 2.34. The Morgan fingerprint density at radius 3 is 2.65 bits per heavy atom. The van der Waals surface area contributed by atoms with Crippen molar-refractivity contribution in [1.29, 1.82) is 0 Å². The molecule has 0 spiro atoms. The van der Waals surface area contributed by atoms with Gasteiger partial charge in [0.15, 0.2) is 16.6 Å². The molecule has 7 aromatic rings. The van der Waals surface area contributed by atoms with E-state index in [4.69, 9.17) is 4.98 Å². The van der Waals surface area contributed by atoms with Crippen LogP contribution < -0.4 is 5.32 Å². The molecule has 0 aliphatic carbocycles. The number of hydrogen-bond donors (Lipinski definition) is 3. The van der Waals surface area contributed by atoms with Crippen molar-refractivity contribution in [2.45, 2.75) is 6.42 Å². The summed E-state index contributed by atoms with van der Waals surface area (Å²) in [6.45, 7) is 0. The number of carbonyl (C=O) groups excluding carboxylic acids is 1. The van der Waals surface area contributed by atoms with Crippen LogP contribution >= 0.6 is 11.3 Å². The molecule has 0 atom stereocenters. The van der Waals surface area contributed by atoms with Crippen LogP contribution in [0.3, 0.4) is 0 Å². The van der Waals surface area contributed by atoms with Gasteiger partial charge in [0.05, 0.1) is 35.4 Å². The Hall–Kier alpha value is -5.29. The number of aromatic nitrogens is 7. The maximum absolute atomic E-state index is 13.7. The van der Waals surface area contributed by atoms with E-state index in [2.05, 4.69) is 35.5 Å². The van der Waals surface area contributed by atoms with E-state index in [0.717, 1.165) is 49.4 Å². The summed E-state index contributed by atoms with van der Waals surface area (Å²) in [6, 6.07) is 16.5. The van der Waals surface area contributed by atoms with E-state index in [1.807, 2.05) is 42.5 Å². The van der Waals surface area contributed by atoms with Crippen LogP contribution in [0.5, 0.6) is 0 Å². The fraction of sp³-hybridized carbons (Fsp3) is 0.0345. The number of hydrogen-bond acceptors (Lipinski definition) is 7. The van der Waals surface area contributed by atoms with Crippen molar-refractivity contribution in [1.82, 2.24) is 35.1 Å². The van der Waals surface area contributed by atoms with Crippen LogP contribution in [0, 0.1) is 5.13 Å². The molecule has 40 heavy (non-hydrogen) atoms. The number of carbonyl (C=O) groups is 1. The molecule has 0 bridgehead atoms. The third kappa shape index (κ3) is 4.48. The number of fused-ring (bicyclic) bond motifs is 2. The number of aromatic amines is 2. The summed E-state index contributed by atoms with van der Waals surface area (Å²) in [4.78, 5) is 34.6. The van der Waals surface area contributed by atoms with Crippen molar-refractivity contribution in [3.63, 3.8) is 0 Å². The zero-order valence-corrected chi connectivity index (χ0v) is 21.5. The number of thiophene rings is 1. The number of pyridine rings is 3. The van der Waals surface area contributed by atoms with Gasteiger partial charge in [-0.15, -0.1) is 11.3 Å². The van der Waals surface area contributed by atoms with Gasteiger partial charge in [0, 0.05) is 40.2 Å². The molecular weight excluding hydrogens is 527 g/mol. The molecule has 3 N–H and O–H groups in total. The standard InChI is InChI=1S/C29H19FN8OS/c30-24-7-6-23(40-24)21-14-32-15-22-26(21)36-29(35-22)27-20-10-18(12-33-28(20)38-37-27)17-9-19(13-31-11-17)34-25(39)8-16-4-2-1-3-5-16/h1-7,9-15H,8H2,(H,34,39)(H,35,36)(H,33,37,38). The monoisotopic (exact) mass is 546 g/mol. The topological polar surface area (TPSA) is 125 Å². The lowest BCUT2D eigenvalue weighted by atomic mass is 10.1. The van der Waals surface area contributed by atoms with Gasteiger partial charge in [-0.1, -0.05) is 30.3 Å². The van der Waals surface area contributed by atoms with Crippen molar-refractivity contribution in [3.8, 4) is 33.1 Å². The Bertz CT molecular complexity index is 2010. The molecule has 1 amide bonds. The second kappa shape index (κ2) is 9.79. The number of nitrogens with zero attached hydrogens (tertiary/aromatic N) is 5. The minimum atomic E-state index is -0.268. The maximum atomic E-state index is 13.7. The molecule has 0 fully saturated rings. The lowest BCUT2D eigenvalue weighted by molar-refractivity contribution is -0.115. The molecule has 0 saturated heterocycles. The SMILES string of the molecule is O=C(Cc1ccccc1)Nc1cncc(-c2cnc3n[nH]c(-c4nc5c(-c6ccc(F)s6)cncc5[nH]4)c3c2)c1. The molecule has 1 aromatic carbocycles. The van der Waals surface area contributed by atoms with Crippen molar-refractivity contribution in [3.05, 3.63) is 96.3 Å². The zero-order valence-electron chi connectivity index (χ0n) is 20.7. The molecule has 7 rings (SSSR count). The first-order valence-electron chi connectivity index (χ1n) is 12.3. The van der Waals surface area contributed by atoms with Gasteiger partial charge in [-0.05, 0) is 29.8 Å². The molecule has 0 radical (unpaired) electrons. The molecule has 0 aliphatic heterocycles. The second-order valence-corrected chi connectivity index (χ2v) is 10.2. The zero-order chi connectivity index (χ0) is 27.1. The summed E-state index contributed by atoms with van der Waals surface area (Å²) in [5.74, 6) is 0.433. The smallest absolute Gasteiger partial charge is 0.228 e. The maximum Gasteiger partial charge on any atom is 0.228 e. The first kappa shape index (κ1) is 23.8. The summed E-state index contributed by atoms with van der Waals surface area (Å²) in [5, 5.41) is 10.8. The molecule has 0 saturated carbocycles. The van der Waals surface area contributed by atoms with Gasteiger partial charge >= 0.3 is 0 Å². The quantitative estimate of drug-likeness (QED) is 0.235. The van der Waals surface area contributed by atoms with Gasteiger partial charge < -0.3 is 10.3 Å². The number of halogens is 1. The Balaban J connectivity index is 1.21. The highest BCUT2D eigenvalue weighted by molar-refractivity contribution is 7.14. The van der Waals surface area contributed by atoms with E-state index in [1.54, 1.807) is 37.1 Å². The van der Waals surface area contributed by atoms with Crippen molar-refractivity contribution >= 4 is 45.0 Å². The molecule has 0 unspecified atom stereocenters. The Morgan fingerprint density at radius 1 is 0.950 bits per heavy atom. The van der Waals surface area contributed by atoms with Gasteiger partial charge in [-0.25, -0.2) is 9.97 Å². The molecular formula is C29H19FN8OS. The number of H-pyrrole nitrogens is 2. The number of anilines is 1. The van der Waals surface area contributed by atoms with Crippen molar-refractivity contribution in [2.24, 2.45) is 0 Å². The van der Waals surface area contributed by atoms with Crippen LogP contribution in [0.15, 0.2) is 85.6 Å². The Kier molecular flexibility index (Phi) is 5.82. The van der Waals surface area contributed by atoms with Crippen LogP contribution in [-0.4, -0.2) is 41.0 Å². The van der Waals surface area contributed by atoms with Gasteiger partial charge in [-0.2, -0.15) is 9.49 Å². The summed E-state index contributed by atoms with van der Waals surface area (Å²) < 4.78 is 13.7. The summed E-state index contributed by atoms with van der Waals surface area (Å²) in [5.41, 5.74) is 6.44. The number of rotatable bonds is 6. The van der Waals surface area contributed by atoms with Gasteiger partial charge in [0.1, 0.15) is 11.2 Å². The highest BCUT2D eigenvalue weighted by Gasteiger charge is 2.17. The lowest BCUT2D eigenvalue weighted by Gasteiger charge is -2.07. The van der Waals surface area contributed by atoms with E-state index in [-0.39, 0.29) is 17.5 Å². The third-order valence-corrected chi connectivity index (χ3v) is 7.35. The van der Waals surface area contributed by atoms with Gasteiger partial charge in [0.25, 0.3) is 0 Å². The average molecular weight is 547 g/mol.